The lowest BCUT2D eigenvalue weighted by Gasteiger charge is -2.16. The van der Waals surface area contributed by atoms with Gasteiger partial charge in [-0.25, -0.2) is 4.98 Å². The van der Waals surface area contributed by atoms with Crippen molar-refractivity contribution >= 4 is 11.5 Å². The Labute approximate surface area is 106 Å². The van der Waals surface area contributed by atoms with Crippen molar-refractivity contribution in [3.8, 4) is 0 Å². The number of aromatic nitrogens is 1. The van der Waals surface area contributed by atoms with E-state index in [0.29, 0.717) is 17.4 Å². The molecule has 6 nitrogen and oxygen atoms in total. The summed E-state index contributed by atoms with van der Waals surface area (Å²) in [4.78, 5) is 14.7. The van der Waals surface area contributed by atoms with Crippen molar-refractivity contribution in [2.45, 2.75) is 32.2 Å². The summed E-state index contributed by atoms with van der Waals surface area (Å²) < 4.78 is 0. The molecule has 18 heavy (non-hydrogen) atoms. The zero-order chi connectivity index (χ0) is 13.0. The van der Waals surface area contributed by atoms with Crippen molar-refractivity contribution in [1.29, 1.82) is 0 Å². The fraction of sp³-hybridized carbons (Fsp3) is 0.583. The Bertz CT molecular complexity index is 428. The van der Waals surface area contributed by atoms with E-state index in [1.165, 1.54) is 6.07 Å². The van der Waals surface area contributed by atoms with Gasteiger partial charge in [-0.05, 0) is 39.3 Å². The van der Waals surface area contributed by atoms with E-state index in [1.54, 1.807) is 13.1 Å². The van der Waals surface area contributed by atoms with E-state index in [9.17, 15) is 10.1 Å². The number of hydrogen-bond donors (Lipinski definition) is 2. The van der Waals surface area contributed by atoms with Crippen LogP contribution >= 0.6 is 0 Å². The highest BCUT2D eigenvalue weighted by Crippen LogP contribution is 2.21. The van der Waals surface area contributed by atoms with E-state index in [4.69, 9.17) is 0 Å². The van der Waals surface area contributed by atoms with Gasteiger partial charge in [0.15, 0.2) is 0 Å². The molecule has 1 aromatic rings. The number of aryl methyl sites for hydroxylation is 1. The normalized spacial score (nSPS) is 20.2. The van der Waals surface area contributed by atoms with Crippen LogP contribution in [-0.2, 0) is 0 Å². The Hall–Kier alpha value is -1.69. The first-order valence-electron chi connectivity index (χ1n) is 6.25. The van der Waals surface area contributed by atoms with Crippen LogP contribution in [0, 0.1) is 17.0 Å². The summed E-state index contributed by atoms with van der Waals surface area (Å²) in [5.74, 6) is 0.596. The van der Waals surface area contributed by atoms with Crippen LogP contribution in [0.2, 0.25) is 0 Å². The minimum atomic E-state index is -0.364. The van der Waals surface area contributed by atoms with Gasteiger partial charge in [0.05, 0.1) is 11.0 Å². The average Bonchev–Trinajstić information content (AvgIpc) is 2.60. The van der Waals surface area contributed by atoms with Crippen molar-refractivity contribution in [1.82, 2.24) is 10.3 Å². The molecular formula is C12H18N4O2. The molecular weight excluding hydrogens is 232 g/mol. The summed E-state index contributed by atoms with van der Waals surface area (Å²) in [7, 11) is 0. The molecule has 1 saturated heterocycles. The molecule has 6 heteroatoms. The molecule has 0 aliphatic carbocycles. The highest BCUT2D eigenvalue weighted by atomic mass is 16.6. The van der Waals surface area contributed by atoms with E-state index in [2.05, 4.69) is 15.6 Å². The molecule has 1 aliphatic heterocycles. The van der Waals surface area contributed by atoms with Gasteiger partial charge in [-0.1, -0.05) is 0 Å². The summed E-state index contributed by atoms with van der Waals surface area (Å²) in [5, 5.41) is 17.5. The van der Waals surface area contributed by atoms with Crippen molar-refractivity contribution in [3.05, 3.63) is 27.9 Å². The number of anilines is 1. The minimum Gasteiger partial charge on any atom is -0.367 e. The molecule has 1 atom stereocenters. The summed E-state index contributed by atoms with van der Waals surface area (Å²) >= 11 is 0. The van der Waals surface area contributed by atoms with Gasteiger partial charge in [0.2, 0.25) is 0 Å². The largest absolute Gasteiger partial charge is 0.367 e. The van der Waals surface area contributed by atoms with Gasteiger partial charge in [-0.3, -0.25) is 10.1 Å². The Morgan fingerprint density at radius 3 is 3.11 bits per heavy atom. The molecule has 2 rings (SSSR count). The van der Waals surface area contributed by atoms with Crippen LogP contribution in [0.5, 0.6) is 0 Å². The van der Waals surface area contributed by atoms with Gasteiger partial charge in [-0.15, -0.1) is 0 Å². The first-order valence-corrected chi connectivity index (χ1v) is 6.25. The Kier molecular flexibility index (Phi) is 4.09. The molecule has 0 bridgehead atoms. The van der Waals surface area contributed by atoms with Crippen molar-refractivity contribution in [2.24, 2.45) is 0 Å². The van der Waals surface area contributed by atoms with Crippen molar-refractivity contribution in [3.63, 3.8) is 0 Å². The van der Waals surface area contributed by atoms with Gasteiger partial charge in [0, 0.05) is 17.8 Å². The van der Waals surface area contributed by atoms with Crippen LogP contribution in [0.15, 0.2) is 12.3 Å². The quantitative estimate of drug-likeness (QED) is 0.632. The minimum absolute atomic E-state index is 0.124. The van der Waals surface area contributed by atoms with Crippen LogP contribution in [0.4, 0.5) is 11.5 Å². The lowest BCUT2D eigenvalue weighted by atomic mass is 10.1. The third-order valence-electron chi connectivity index (χ3n) is 3.20. The molecule has 98 valence electrons. The Balaban J connectivity index is 2.08. The van der Waals surface area contributed by atoms with Crippen LogP contribution < -0.4 is 10.6 Å². The van der Waals surface area contributed by atoms with E-state index in [1.807, 2.05) is 0 Å². The first kappa shape index (κ1) is 12.8. The van der Waals surface area contributed by atoms with Gasteiger partial charge >= 0.3 is 0 Å². The number of rotatable bonds is 3. The van der Waals surface area contributed by atoms with Gasteiger partial charge in [-0.2, -0.15) is 0 Å². The van der Waals surface area contributed by atoms with Gasteiger partial charge in [0.1, 0.15) is 5.82 Å². The second-order valence-corrected chi connectivity index (χ2v) is 4.64. The van der Waals surface area contributed by atoms with Gasteiger partial charge < -0.3 is 10.6 Å². The number of hydrogen-bond acceptors (Lipinski definition) is 5. The van der Waals surface area contributed by atoms with E-state index in [-0.39, 0.29) is 10.6 Å². The summed E-state index contributed by atoms with van der Waals surface area (Å²) in [5.41, 5.74) is 0.715. The second-order valence-electron chi connectivity index (χ2n) is 4.64. The maximum absolute atomic E-state index is 10.9. The standard InChI is InChI=1S/C12H18N4O2/c1-9-8-14-12(7-11(9)16(17)18)15-10-3-2-5-13-6-4-10/h7-8,10,13H,2-6H2,1H3,(H,14,15). The molecule has 0 radical (unpaired) electrons. The van der Waals surface area contributed by atoms with Crippen LogP contribution in [0.25, 0.3) is 0 Å². The maximum atomic E-state index is 10.9. The molecule has 0 spiro atoms. The SMILES string of the molecule is Cc1cnc(NC2CCCNCC2)cc1[N+](=O)[O-]. The van der Waals surface area contributed by atoms with Crippen LogP contribution in [-0.4, -0.2) is 29.0 Å². The number of pyridine rings is 1. The smallest absolute Gasteiger partial charge is 0.277 e. The predicted octanol–water partition coefficient (Wildman–Crippen LogP) is 1.85. The molecule has 2 heterocycles. The van der Waals surface area contributed by atoms with Crippen molar-refractivity contribution < 1.29 is 4.92 Å². The highest BCUT2D eigenvalue weighted by molar-refractivity contribution is 5.49. The summed E-state index contributed by atoms with van der Waals surface area (Å²) in [6.07, 6.45) is 4.75. The molecule has 0 amide bonds. The fourth-order valence-corrected chi connectivity index (χ4v) is 2.16. The Morgan fingerprint density at radius 1 is 1.50 bits per heavy atom. The molecule has 0 saturated carbocycles. The summed E-state index contributed by atoms with van der Waals surface area (Å²) in [6, 6.07) is 1.86. The second kappa shape index (κ2) is 5.77. The monoisotopic (exact) mass is 250 g/mol. The van der Waals surface area contributed by atoms with Gasteiger partial charge in [0.25, 0.3) is 5.69 Å². The summed E-state index contributed by atoms with van der Waals surface area (Å²) in [6.45, 7) is 3.72. The maximum Gasteiger partial charge on any atom is 0.277 e. The lowest BCUT2D eigenvalue weighted by molar-refractivity contribution is -0.385. The third kappa shape index (κ3) is 3.16. The number of nitrogens with zero attached hydrogens (tertiary/aromatic N) is 2. The topological polar surface area (TPSA) is 80.1 Å². The van der Waals surface area contributed by atoms with Crippen LogP contribution in [0.1, 0.15) is 24.8 Å². The predicted molar refractivity (Wildman–Crippen MR) is 69.8 cm³/mol. The number of nitrogens with one attached hydrogen (secondary N) is 2. The fourth-order valence-electron chi connectivity index (χ4n) is 2.16. The highest BCUT2D eigenvalue weighted by Gasteiger charge is 2.15. The van der Waals surface area contributed by atoms with E-state index >= 15 is 0 Å². The molecule has 1 aliphatic rings. The third-order valence-corrected chi connectivity index (χ3v) is 3.20. The van der Waals surface area contributed by atoms with Crippen LogP contribution in [0.3, 0.4) is 0 Å². The zero-order valence-electron chi connectivity index (χ0n) is 10.5. The lowest BCUT2D eigenvalue weighted by Crippen LogP contribution is -2.22. The van der Waals surface area contributed by atoms with Crippen molar-refractivity contribution in [2.75, 3.05) is 18.4 Å². The molecule has 1 aromatic heterocycles. The molecule has 1 fully saturated rings. The zero-order valence-corrected chi connectivity index (χ0v) is 10.5. The van der Waals surface area contributed by atoms with E-state index in [0.717, 1.165) is 32.4 Å². The molecule has 1 unspecified atom stereocenters. The Morgan fingerprint density at radius 2 is 2.33 bits per heavy atom. The molecule has 0 aromatic carbocycles. The first-order chi connectivity index (χ1) is 8.66. The average molecular weight is 250 g/mol. The number of nitro groups is 1. The van der Waals surface area contributed by atoms with E-state index < -0.39 is 0 Å². The molecule has 2 N–H and O–H groups in total.